The molecule has 6 nitrogen and oxygen atoms in total. The second-order valence-corrected chi connectivity index (χ2v) is 7.81. The van der Waals surface area contributed by atoms with Gasteiger partial charge in [0.05, 0.1) is 11.4 Å². The predicted molar refractivity (Wildman–Crippen MR) is 105 cm³/mol. The van der Waals surface area contributed by atoms with E-state index in [1.165, 1.54) is 0 Å². The summed E-state index contributed by atoms with van der Waals surface area (Å²) in [4.78, 5) is 19.9. The van der Waals surface area contributed by atoms with Crippen LogP contribution in [-0.4, -0.2) is 44.8 Å². The maximum atomic E-state index is 13.0. The number of hydrogen-bond acceptors (Lipinski definition) is 5. The number of aromatic nitrogens is 3. The third-order valence-corrected chi connectivity index (χ3v) is 5.74. The fourth-order valence-electron chi connectivity index (χ4n) is 3.23. The van der Waals surface area contributed by atoms with Gasteiger partial charge >= 0.3 is 0 Å². The van der Waals surface area contributed by atoms with E-state index in [-0.39, 0.29) is 12.0 Å². The molecular formula is C19H19ClN4O2S. The number of aryl methyl sites for hydroxylation is 1. The molecule has 3 aromatic rings. The lowest BCUT2D eigenvalue weighted by Gasteiger charge is -2.33. The first-order chi connectivity index (χ1) is 13.1. The Balaban J connectivity index is 1.48. The van der Waals surface area contributed by atoms with Crippen molar-refractivity contribution in [2.75, 3.05) is 13.1 Å². The second-order valence-electron chi connectivity index (χ2n) is 6.46. The number of rotatable bonds is 4. The molecule has 0 radical (unpaired) electrons. The fourth-order valence-corrected chi connectivity index (χ4v) is 4.08. The van der Waals surface area contributed by atoms with E-state index in [2.05, 4.69) is 10.1 Å². The molecule has 4 heterocycles. The zero-order valence-electron chi connectivity index (χ0n) is 14.8. The van der Waals surface area contributed by atoms with Crippen molar-refractivity contribution in [1.82, 2.24) is 19.7 Å². The van der Waals surface area contributed by atoms with Gasteiger partial charge in [-0.2, -0.15) is 5.10 Å². The molecule has 0 aliphatic carbocycles. The van der Waals surface area contributed by atoms with Crippen LogP contribution in [0.5, 0.6) is 5.75 Å². The number of pyridine rings is 1. The van der Waals surface area contributed by atoms with Gasteiger partial charge < -0.3 is 9.64 Å². The monoisotopic (exact) mass is 402 g/mol. The van der Waals surface area contributed by atoms with Crippen molar-refractivity contribution < 1.29 is 9.53 Å². The summed E-state index contributed by atoms with van der Waals surface area (Å²) in [6.07, 6.45) is 4.88. The topological polar surface area (TPSA) is 60.2 Å². The number of thiophene rings is 1. The van der Waals surface area contributed by atoms with Crippen molar-refractivity contribution in [3.63, 3.8) is 0 Å². The molecule has 1 amide bonds. The van der Waals surface area contributed by atoms with Crippen molar-refractivity contribution in [2.24, 2.45) is 7.05 Å². The van der Waals surface area contributed by atoms with Crippen molar-refractivity contribution in [3.8, 4) is 16.3 Å². The summed E-state index contributed by atoms with van der Waals surface area (Å²) in [7, 11) is 1.80. The van der Waals surface area contributed by atoms with Crippen LogP contribution in [0.15, 0.2) is 42.0 Å². The van der Waals surface area contributed by atoms with Gasteiger partial charge in [0.15, 0.2) is 0 Å². The lowest BCUT2D eigenvalue weighted by atomic mass is 10.1. The van der Waals surface area contributed by atoms with Crippen molar-refractivity contribution in [3.05, 3.63) is 52.8 Å². The Labute approximate surface area is 166 Å². The molecule has 0 aromatic carbocycles. The van der Waals surface area contributed by atoms with E-state index in [0.29, 0.717) is 29.6 Å². The van der Waals surface area contributed by atoms with E-state index in [1.54, 1.807) is 41.5 Å². The summed E-state index contributed by atoms with van der Waals surface area (Å²) in [5.74, 6) is 0.577. The number of likely N-dealkylation sites (tertiary alicyclic amines) is 1. The van der Waals surface area contributed by atoms with Crippen LogP contribution in [0.25, 0.3) is 10.6 Å². The molecule has 1 atom stereocenters. The molecule has 0 N–H and O–H groups in total. The number of ether oxygens (including phenoxy) is 1. The van der Waals surface area contributed by atoms with Crippen molar-refractivity contribution in [2.45, 2.75) is 18.9 Å². The van der Waals surface area contributed by atoms with Crippen LogP contribution in [0.4, 0.5) is 0 Å². The molecule has 27 heavy (non-hydrogen) atoms. The number of carbonyl (C=O) groups is 1. The van der Waals surface area contributed by atoms with Gasteiger partial charge in [-0.05, 0) is 30.4 Å². The van der Waals surface area contributed by atoms with Gasteiger partial charge in [0, 0.05) is 32.1 Å². The fraction of sp³-hybridized carbons (Fsp3) is 0.316. The van der Waals surface area contributed by atoms with E-state index in [4.69, 9.17) is 16.3 Å². The lowest BCUT2D eigenvalue weighted by molar-refractivity contribution is 0.0528. The highest BCUT2D eigenvalue weighted by molar-refractivity contribution is 7.13. The normalized spacial score (nSPS) is 17.1. The Bertz CT molecular complexity index is 941. The zero-order valence-corrected chi connectivity index (χ0v) is 16.4. The minimum atomic E-state index is -0.0902. The van der Waals surface area contributed by atoms with Crippen LogP contribution in [0.1, 0.15) is 23.3 Å². The quantitative estimate of drug-likeness (QED) is 0.664. The molecular weight excluding hydrogens is 384 g/mol. The van der Waals surface area contributed by atoms with E-state index >= 15 is 0 Å². The summed E-state index contributed by atoms with van der Waals surface area (Å²) in [6.45, 7) is 1.24. The Morgan fingerprint density at radius 1 is 1.41 bits per heavy atom. The molecule has 1 aliphatic heterocycles. The van der Waals surface area contributed by atoms with E-state index in [1.807, 2.05) is 28.5 Å². The SMILES string of the molecule is Cn1nc(-c2cccs2)cc1C(=O)N1CCC[C@H](Oc2ccncc2Cl)C1. The number of amides is 1. The van der Waals surface area contributed by atoms with Crippen LogP contribution in [0.3, 0.4) is 0 Å². The third kappa shape index (κ3) is 3.84. The molecule has 3 aromatic heterocycles. The largest absolute Gasteiger partial charge is 0.487 e. The molecule has 0 unspecified atom stereocenters. The third-order valence-electron chi connectivity index (χ3n) is 4.57. The van der Waals surface area contributed by atoms with Crippen LogP contribution in [0, 0.1) is 0 Å². The number of halogens is 1. The maximum absolute atomic E-state index is 13.0. The van der Waals surface area contributed by atoms with Gasteiger partial charge in [0.25, 0.3) is 5.91 Å². The average molecular weight is 403 g/mol. The Morgan fingerprint density at radius 3 is 3.07 bits per heavy atom. The van der Waals surface area contributed by atoms with E-state index < -0.39 is 0 Å². The summed E-state index contributed by atoms with van der Waals surface area (Å²) in [5, 5.41) is 6.97. The summed E-state index contributed by atoms with van der Waals surface area (Å²) in [6, 6.07) is 7.59. The van der Waals surface area contributed by atoms with Crippen molar-refractivity contribution >= 4 is 28.8 Å². The molecule has 140 valence electrons. The standard InChI is InChI=1S/C19H19ClN4O2S/c1-23-16(10-15(22-23)18-5-3-9-27-18)19(25)24-8-2-4-13(12-24)26-17-6-7-21-11-14(17)20/h3,5-7,9-11,13H,2,4,8,12H2,1H3/t13-/m0/s1. The highest BCUT2D eigenvalue weighted by Crippen LogP contribution is 2.27. The number of piperidine rings is 1. The highest BCUT2D eigenvalue weighted by atomic mass is 35.5. The first kappa shape index (κ1) is 18.0. The summed E-state index contributed by atoms with van der Waals surface area (Å²) >= 11 is 7.74. The zero-order chi connectivity index (χ0) is 18.8. The summed E-state index contributed by atoms with van der Waals surface area (Å²) in [5.41, 5.74) is 1.41. The van der Waals surface area contributed by atoms with Crippen LogP contribution < -0.4 is 4.74 Å². The first-order valence-corrected chi connectivity index (χ1v) is 10.0. The predicted octanol–water partition coefficient (Wildman–Crippen LogP) is 3.88. The lowest BCUT2D eigenvalue weighted by Crippen LogP contribution is -2.44. The molecule has 1 aliphatic rings. The molecule has 0 saturated carbocycles. The molecule has 0 spiro atoms. The van der Waals surface area contributed by atoms with Gasteiger partial charge in [-0.25, -0.2) is 0 Å². The van der Waals surface area contributed by atoms with Crippen molar-refractivity contribution in [1.29, 1.82) is 0 Å². The number of nitrogens with zero attached hydrogens (tertiary/aromatic N) is 4. The van der Waals surface area contributed by atoms with Gasteiger partial charge in [-0.1, -0.05) is 17.7 Å². The van der Waals surface area contributed by atoms with Crippen LogP contribution in [0.2, 0.25) is 5.02 Å². The number of carbonyl (C=O) groups excluding carboxylic acids is 1. The van der Waals surface area contributed by atoms with Gasteiger partial charge in [0.2, 0.25) is 0 Å². The smallest absolute Gasteiger partial charge is 0.272 e. The van der Waals surface area contributed by atoms with Gasteiger partial charge in [-0.15, -0.1) is 11.3 Å². The van der Waals surface area contributed by atoms with Gasteiger partial charge in [-0.3, -0.25) is 14.5 Å². The maximum Gasteiger partial charge on any atom is 0.272 e. The van der Waals surface area contributed by atoms with E-state index in [9.17, 15) is 4.79 Å². The molecule has 0 bridgehead atoms. The summed E-state index contributed by atoms with van der Waals surface area (Å²) < 4.78 is 7.66. The number of hydrogen-bond donors (Lipinski definition) is 0. The molecule has 1 saturated heterocycles. The van der Waals surface area contributed by atoms with Crippen LogP contribution >= 0.6 is 22.9 Å². The minimum Gasteiger partial charge on any atom is -0.487 e. The first-order valence-electron chi connectivity index (χ1n) is 8.75. The van der Waals surface area contributed by atoms with E-state index in [0.717, 1.165) is 23.4 Å². The van der Waals surface area contributed by atoms with Crippen LogP contribution in [-0.2, 0) is 7.05 Å². The highest BCUT2D eigenvalue weighted by Gasteiger charge is 2.28. The average Bonchev–Trinajstić information content (AvgIpc) is 3.33. The molecule has 8 heteroatoms. The Kier molecular flexibility index (Phi) is 5.13. The Hall–Kier alpha value is -2.38. The Morgan fingerprint density at radius 2 is 2.30 bits per heavy atom. The molecule has 4 rings (SSSR count). The molecule has 1 fully saturated rings. The van der Waals surface area contributed by atoms with Gasteiger partial charge in [0.1, 0.15) is 28.3 Å². The minimum absolute atomic E-state index is 0.0260. The second kappa shape index (κ2) is 7.70.